The quantitative estimate of drug-likeness (QED) is 0.152. The SMILES string of the molecule is c1ccc(-c2ccc3c(c2)c2ccccc2n3-c2c3ccccc3c(-c3ccc4c(c3)oc3cccc(-c5c6ccccc6c(-n6c7ccccc7c7cc(-c8ccccc8)ccc76)c6ccccc56)c34)c3ccccc23)cc1. The van der Waals surface area contributed by atoms with Crippen molar-refractivity contribution in [2.45, 2.75) is 0 Å². The second kappa shape index (κ2) is 17.0. The molecule has 79 heavy (non-hydrogen) atoms. The van der Waals surface area contributed by atoms with Crippen LogP contribution >= 0.6 is 0 Å². The van der Waals surface area contributed by atoms with Crippen LogP contribution in [0.25, 0.3) is 165 Å². The van der Waals surface area contributed by atoms with Crippen LogP contribution in [0.15, 0.2) is 283 Å². The molecule has 14 aromatic carbocycles. The van der Waals surface area contributed by atoms with Gasteiger partial charge in [0.25, 0.3) is 0 Å². The molecule has 0 aliphatic rings. The Morgan fingerprint density at radius 2 is 0.608 bits per heavy atom. The van der Waals surface area contributed by atoms with Gasteiger partial charge >= 0.3 is 0 Å². The molecule has 0 radical (unpaired) electrons. The van der Waals surface area contributed by atoms with E-state index in [9.17, 15) is 0 Å². The first kappa shape index (κ1) is 43.7. The second-order valence-corrected chi connectivity index (χ2v) is 21.0. The van der Waals surface area contributed by atoms with E-state index < -0.39 is 0 Å². The summed E-state index contributed by atoms with van der Waals surface area (Å²) in [6.45, 7) is 0. The highest BCUT2D eigenvalue weighted by Crippen LogP contribution is 2.50. The van der Waals surface area contributed by atoms with Gasteiger partial charge in [0.05, 0.1) is 33.4 Å². The number of hydrogen-bond donors (Lipinski definition) is 0. The monoisotopic (exact) mass is 1000 g/mol. The van der Waals surface area contributed by atoms with E-state index in [1.54, 1.807) is 0 Å². The van der Waals surface area contributed by atoms with E-state index in [1.165, 1.54) is 131 Å². The van der Waals surface area contributed by atoms with Gasteiger partial charge in [-0.15, -0.1) is 0 Å². The highest BCUT2D eigenvalue weighted by Gasteiger charge is 2.25. The van der Waals surface area contributed by atoms with Gasteiger partial charge in [-0.1, -0.05) is 224 Å². The van der Waals surface area contributed by atoms with Gasteiger partial charge in [-0.2, -0.15) is 0 Å². The minimum Gasteiger partial charge on any atom is -0.456 e. The molecule has 17 rings (SSSR count). The fourth-order valence-corrected chi connectivity index (χ4v) is 13.5. The zero-order valence-corrected chi connectivity index (χ0v) is 42.9. The van der Waals surface area contributed by atoms with E-state index >= 15 is 0 Å². The van der Waals surface area contributed by atoms with Gasteiger partial charge in [0.1, 0.15) is 11.2 Å². The topological polar surface area (TPSA) is 23.0 Å². The summed E-state index contributed by atoms with van der Waals surface area (Å²) in [6.07, 6.45) is 0. The Balaban J connectivity index is 0.865. The van der Waals surface area contributed by atoms with Crippen molar-refractivity contribution >= 4 is 109 Å². The maximum absolute atomic E-state index is 7.06. The molecule has 0 aliphatic heterocycles. The standard InChI is InChI=1S/C76H46N2O/c1-3-20-47(21-4-1)49-39-42-68-64(44-49)52-24-15-17-35-66(52)77(68)75-58-30-11-7-26-54(58)72(55-27-8-12-31-59(55)75)51-38-41-62-71(46-51)79-70-37-19-34-63(74(62)70)73-56-28-9-13-32-60(56)76(61-33-14-10-29-57(61)73)78-67-36-18-16-25-53(67)65-45-50(40-43-69(65)78)48-22-5-2-6-23-48/h1-46H. The van der Waals surface area contributed by atoms with E-state index in [2.05, 4.69) is 288 Å². The number of nitrogens with zero attached hydrogens (tertiary/aromatic N) is 2. The molecule has 3 aromatic heterocycles. The molecule has 366 valence electrons. The molecule has 3 nitrogen and oxygen atoms in total. The zero-order valence-electron chi connectivity index (χ0n) is 42.9. The summed E-state index contributed by atoms with van der Waals surface area (Å²) in [5.74, 6) is 0. The van der Waals surface area contributed by atoms with E-state index in [0.717, 1.165) is 33.1 Å². The number of para-hydroxylation sites is 2. The molecule has 0 saturated heterocycles. The summed E-state index contributed by atoms with van der Waals surface area (Å²) in [6, 6.07) is 102. The number of furan rings is 1. The molecule has 0 unspecified atom stereocenters. The molecule has 17 aromatic rings. The lowest BCUT2D eigenvalue weighted by atomic mass is 9.88. The van der Waals surface area contributed by atoms with Crippen LogP contribution < -0.4 is 0 Å². The van der Waals surface area contributed by atoms with Crippen LogP contribution in [0.1, 0.15) is 0 Å². The highest BCUT2D eigenvalue weighted by molar-refractivity contribution is 6.26. The third kappa shape index (κ3) is 6.42. The Morgan fingerprint density at radius 3 is 1.09 bits per heavy atom. The largest absolute Gasteiger partial charge is 0.456 e. The van der Waals surface area contributed by atoms with Crippen LogP contribution in [-0.4, -0.2) is 9.13 Å². The van der Waals surface area contributed by atoms with Crippen LogP contribution in [-0.2, 0) is 0 Å². The number of hydrogen-bond acceptors (Lipinski definition) is 1. The number of aromatic nitrogens is 2. The van der Waals surface area contributed by atoms with Gasteiger partial charge < -0.3 is 13.6 Å². The Bertz CT molecular complexity index is 5250. The van der Waals surface area contributed by atoms with Gasteiger partial charge in [-0.25, -0.2) is 0 Å². The molecule has 0 aliphatic carbocycles. The maximum atomic E-state index is 7.06. The summed E-state index contributed by atoms with van der Waals surface area (Å²) in [7, 11) is 0. The van der Waals surface area contributed by atoms with E-state index in [-0.39, 0.29) is 0 Å². The van der Waals surface area contributed by atoms with Crippen molar-refractivity contribution in [1.29, 1.82) is 0 Å². The zero-order chi connectivity index (χ0) is 51.7. The fraction of sp³-hybridized carbons (Fsp3) is 0. The third-order valence-corrected chi connectivity index (χ3v) is 16.9. The molecule has 3 heterocycles. The fourth-order valence-electron chi connectivity index (χ4n) is 13.5. The Kier molecular flexibility index (Phi) is 9.42. The first-order chi connectivity index (χ1) is 39.2. The lowest BCUT2D eigenvalue weighted by Crippen LogP contribution is -1.99. The Labute approximate surface area is 454 Å². The summed E-state index contributed by atoms with van der Waals surface area (Å²) in [4.78, 5) is 0. The number of fused-ring (bicyclic) bond motifs is 13. The first-order valence-corrected chi connectivity index (χ1v) is 27.2. The number of benzene rings is 14. The minimum absolute atomic E-state index is 0.860. The average molecular weight is 1000 g/mol. The van der Waals surface area contributed by atoms with E-state index in [4.69, 9.17) is 4.42 Å². The molecule has 0 atom stereocenters. The van der Waals surface area contributed by atoms with E-state index in [1.807, 2.05) is 0 Å². The molecule has 0 fully saturated rings. The number of rotatable bonds is 6. The molecule has 0 saturated carbocycles. The van der Waals surface area contributed by atoms with Crippen molar-refractivity contribution in [2.24, 2.45) is 0 Å². The van der Waals surface area contributed by atoms with Crippen molar-refractivity contribution in [3.63, 3.8) is 0 Å². The Morgan fingerprint density at radius 1 is 0.215 bits per heavy atom. The van der Waals surface area contributed by atoms with Crippen molar-refractivity contribution in [3.8, 4) is 55.9 Å². The van der Waals surface area contributed by atoms with Crippen LogP contribution in [0.3, 0.4) is 0 Å². The lowest BCUT2D eigenvalue weighted by Gasteiger charge is -2.20. The van der Waals surface area contributed by atoms with Gasteiger partial charge in [-0.05, 0) is 121 Å². The molecule has 0 N–H and O–H groups in total. The van der Waals surface area contributed by atoms with Gasteiger partial charge in [0.15, 0.2) is 0 Å². The molecule has 0 amide bonds. The molecular weight excluding hydrogens is 957 g/mol. The average Bonchev–Trinajstić information content (AvgIpc) is 4.34. The van der Waals surface area contributed by atoms with Crippen LogP contribution in [0.5, 0.6) is 0 Å². The minimum atomic E-state index is 0.860. The molecular formula is C76H46N2O. The predicted molar refractivity (Wildman–Crippen MR) is 334 cm³/mol. The normalized spacial score (nSPS) is 12.1. The summed E-state index contributed by atoms with van der Waals surface area (Å²) in [5, 5.41) is 16.7. The Hall–Kier alpha value is -10.5. The smallest absolute Gasteiger partial charge is 0.136 e. The maximum Gasteiger partial charge on any atom is 0.136 e. The van der Waals surface area contributed by atoms with Crippen molar-refractivity contribution in [2.75, 3.05) is 0 Å². The van der Waals surface area contributed by atoms with Crippen LogP contribution in [0.4, 0.5) is 0 Å². The summed E-state index contributed by atoms with van der Waals surface area (Å²) in [5.41, 5.74) is 18.3. The van der Waals surface area contributed by atoms with Gasteiger partial charge in [0.2, 0.25) is 0 Å². The van der Waals surface area contributed by atoms with Crippen LogP contribution in [0.2, 0.25) is 0 Å². The second-order valence-electron chi connectivity index (χ2n) is 21.0. The lowest BCUT2D eigenvalue weighted by molar-refractivity contribution is 0.669. The van der Waals surface area contributed by atoms with Crippen molar-refractivity contribution in [1.82, 2.24) is 9.13 Å². The predicted octanol–water partition coefficient (Wildman–Crippen LogP) is 21.1. The highest BCUT2D eigenvalue weighted by atomic mass is 16.3. The van der Waals surface area contributed by atoms with Gasteiger partial charge in [0, 0.05) is 53.9 Å². The van der Waals surface area contributed by atoms with Crippen LogP contribution in [0, 0.1) is 0 Å². The summed E-state index contributed by atoms with van der Waals surface area (Å²) < 4.78 is 12.1. The van der Waals surface area contributed by atoms with E-state index in [0.29, 0.717) is 0 Å². The van der Waals surface area contributed by atoms with Crippen molar-refractivity contribution < 1.29 is 4.42 Å². The molecule has 3 heteroatoms. The first-order valence-electron chi connectivity index (χ1n) is 27.2. The molecule has 0 spiro atoms. The molecule has 0 bridgehead atoms. The van der Waals surface area contributed by atoms with Gasteiger partial charge in [-0.3, -0.25) is 0 Å². The summed E-state index contributed by atoms with van der Waals surface area (Å²) >= 11 is 0. The van der Waals surface area contributed by atoms with Crippen molar-refractivity contribution in [3.05, 3.63) is 279 Å². The third-order valence-electron chi connectivity index (χ3n) is 16.9.